The van der Waals surface area contributed by atoms with Crippen LogP contribution < -0.4 is 4.90 Å². The highest BCUT2D eigenvalue weighted by atomic mass is 16.6. The lowest BCUT2D eigenvalue weighted by Gasteiger charge is -2.40. The predicted octanol–water partition coefficient (Wildman–Crippen LogP) is 1.01. The van der Waals surface area contributed by atoms with E-state index in [9.17, 15) is 20.0 Å². The summed E-state index contributed by atoms with van der Waals surface area (Å²) in [6, 6.07) is 6.72. The van der Waals surface area contributed by atoms with Crippen molar-refractivity contribution in [3.05, 3.63) is 34.4 Å². The van der Waals surface area contributed by atoms with Gasteiger partial charge in [-0.05, 0) is 18.9 Å². The van der Waals surface area contributed by atoms with Crippen LogP contribution >= 0.6 is 0 Å². The number of anilines is 1. The molecule has 2 aliphatic heterocycles. The summed E-state index contributed by atoms with van der Waals surface area (Å²) in [6.07, 6.45) is 1.01. The van der Waals surface area contributed by atoms with E-state index in [0.717, 1.165) is 0 Å². The van der Waals surface area contributed by atoms with Gasteiger partial charge >= 0.3 is 0 Å². The zero-order chi connectivity index (χ0) is 15.7. The molecule has 2 fully saturated rings. The summed E-state index contributed by atoms with van der Waals surface area (Å²) in [4.78, 5) is 26.6. The molecule has 0 spiro atoms. The quantitative estimate of drug-likeness (QED) is 0.665. The average molecular weight is 305 g/mol. The molecular formula is C15H19N3O4. The summed E-state index contributed by atoms with van der Waals surface area (Å²) < 4.78 is 0. The summed E-state index contributed by atoms with van der Waals surface area (Å²) in [7, 11) is 0. The molecule has 2 saturated heterocycles. The molecule has 0 saturated carbocycles. The Morgan fingerprint density at radius 3 is 2.45 bits per heavy atom. The van der Waals surface area contributed by atoms with E-state index in [4.69, 9.17) is 0 Å². The molecule has 3 rings (SSSR count). The number of carbonyl (C=O) groups excluding carboxylic acids is 1. The molecule has 0 aliphatic carbocycles. The molecule has 1 amide bonds. The van der Waals surface area contributed by atoms with Crippen LogP contribution in [0.3, 0.4) is 0 Å². The highest BCUT2D eigenvalue weighted by Crippen LogP contribution is 2.31. The van der Waals surface area contributed by atoms with Crippen LogP contribution in [0.1, 0.15) is 12.8 Å². The number of hydrogen-bond donors (Lipinski definition) is 1. The molecule has 0 aromatic heterocycles. The number of β-amino-alcohol motifs (C(OH)–C–C–N with tert-alkyl or cyclic N) is 1. The monoisotopic (exact) mass is 305 g/mol. The van der Waals surface area contributed by atoms with E-state index in [2.05, 4.69) is 0 Å². The molecule has 1 aromatic carbocycles. The molecule has 118 valence electrons. The fourth-order valence-corrected chi connectivity index (χ4v) is 3.15. The van der Waals surface area contributed by atoms with Crippen LogP contribution in [0.4, 0.5) is 11.4 Å². The number of piperidine rings is 1. The van der Waals surface area contributed by atoms with E-state index < -0.39 is 0 Å². The van der Waals surface area contributed by atoms with Crippen molar-refractivity contribution in [3.63, 3.8) is 0 Å². The minimum atomic E-state index is -0.379. The zero-order valence-electron chi connectivity index (χ0n) is 12.2. The maximum absolute atomic E-state index is 12.2. The molecule has 1 aromatic rings. The van der Waals surface area contributed by atoms with Crippen LogP contribution in [0.2, 0.25) is 0 Å². The lowest BCUT2D eigenvalue weighted by Crippen LogP contribution is -2.56. The molecular weight excluding hydrogens is 286 g/mol. The molecule has 2 aliphatic rings. The summed E-state index contributed by atoms with van der Waals surface area (Å²) in [5, 5.41) is 20.4. The van der Waals surface area contributed by atoms with Crippen molar-refractivity contribution in [2.75, 3.05) is 31.1 Å². The van der Waals surface area contributed by atoms with Gasteiger partial charge in [0.1, 0.15) is 5.69 Å². The van der Waals surface area contributed by atoms with Gasteiger partial charge in [-0.15, -0.1) is 0 Å². The van der Waals surface area contributed by atoms with Crippen molar-refractivity contribution >= 4 is 17.3 Å². The molecule has 2 heterocycles. The van der Waals surface area contributed by atoms with E-state index in [-0.39, 0.29) is 28.5 Å². The maximum Gasteiger partial charge on any atom is 0.292 e. The zero-order valence-corrected chi connectivity index (χ0v) is 12.2. The third-order valence-corrected chi connectivity index (χ3v) is 4.44. The lowest BCUT2D eigenvalue weighted by molar-refractivity contribution is -0.384. The number of nitro groups is 1. The normalized spacial score (nSPS) is 19.9. The van der Waals surface area contributed by atoms with Gasteiger partial charge < -0.3 is 14.9 Å². The van der Waals surface area contributed by atoms with Crippen molar-refractivity contribution in [2.45, 2.75) is 18.9 Å². The Morgan fingerprint density at radius 1 is 1.23 bits per heavy atom. The second-order valence-corrected chi connectivity index (χ2v) is 5.90. The number of rotatable bonds is 3. The maximum atomic E-state index is 12.2. The van der Waals surface area contributed by atoms with Crippen molar-refractivity contribution in [1.29, 1.82) is 0 Å². The number of carbonyl (C=O) groups is 1. The van der Waals surface area contributed by atoms with Gasteiger partial charge in [0, 0.05) is 38.2 Å². The largest absolute Gasteiger partial charge is 0.389 e. The molecule has 7 nitrogen and oxygen atoms in total. The molecule has 0 atom stereocenters. The molecule has 22 heavy (non-hydrogen) atoms. The Bertz CT molecular complexity index is 578. The third-order valence-electron chi connectivity index (χ3n) is 4.44. The van der Waals surface area contributed by atoms with Crippen LogP contribution in [0.25, 0.3) is 0 Å². The van der Waals surface area contributed by atoms with Crippen LogP contribution in [0.15, 0.2) is 24.3 Å². The number of nitro benzene ring substituents is 1. The Hall–Kier alpha value is -2.15. The first kappa shape index (κ1) is 14.8. The number of likely N-dealkylation sites (tertiary alicyclic amines) is 1. The number of hydrogen-bond acceptors (Lipinski definition) is 5. The van der Waals surface area contributed by atoms with E-state index in [1.165, 1.54) is 6.07 Å². The molecule has 0 bridgehead atoms. The van der Waals surface area contributed by atoms with Crippen LogP contribution in [-0.2, 0) is 4.79 Å². The van der Waals surface area contributed by atoms with Gasteiger partial charge in [0.25, 0.3) is 5.69 Å². The van der Waals surface area contributed by atoms with Crippen LogP contribution in [-0.4, -0.2) is 53.1 Å². The molecule has 0 radical (unpaired) electrons. The fourth-order valence-electron chi connectivity index (χ4n) is 3.15. The Labute approximate surface area is 128 Å². The highest BCUT2D eigenvalue weighted by Gasteiger charge is 2.35. The number of nitrogens with zero attached hydrogens (tertiary/aromatic N) is 3. The minimum absolute atomic E-state index is 0.0356. The smallest absolute Gasteiger partial charge is 0.292 e. The summed E-state index contributed by atoms with van der Waals surface area (Å²) in [5.74, 6) is 0.0685. The van der Waals surface area contributed by atoms with E-state index in [1.54, 1.807) is 23.1 Å². The van der Waals surface area contributed by atoms with Crippen LogP contribution in [0.5, 0.6) is 0 Å². The number of amides is 1. The van der Waals surface area contributed by atoms with Gasteiger partial charge in [0.2, 0.25) is 5.91 Å². The topological polar surface area (TPSA) is 86.9 Å². The van der Waals surface area contributed by atoms with Crippen molar-refractivity contribution < 1.29 is 14.8 Å². The number of benzene rings is 1. The fraction of sp³-hybridized carbons (Fsp3) is 0.533. The lowest BCUT2D eigenvalue weighted by atomic mass is 9.93. The third kappa shape index (κ3) is 2.76. The number of para-hydroxylation sites is 2. The Morgan fingerprint density at radius 2 is 1.86 bits per heavy atom. The van der Waals surface area contributed by atoms with Crippen molar-refractivity contribution in [2.24, 2.45) is 5.92 Å². The molecule has 7 heteroatoms. The summed E-state index contributed by atoms with van der Waals surface area (Å²) in [5.41, 5.74) is 0.732. The minimum Gasteiger partial charge on any atom is -0.389 e. The van der Waals surface area contributed by atoms with Gasteiger partial charge in [-0.25, -0.2) is 0 Å². The van der Waals surface area contributed by atoms with Crippen molar-refractivity contribution in [1.82, 2.24) is 4.90 Å². The van der Waals surface area contributed by atoms with Gasteiger partial charge in [-0.3, -0.25) is 14.9 Å². The first-order valence-corrected chi connectivity index (χ1v) is 7.51. The van der Waals surface area contributed by atoms with Gasteiger partial charge in [0.05, 0.1) is 11.0 Å². The first-order valence-electron chi connectivity index (χ1n) is 7.51. The molecule has 0 unspecified atom stereocenters. The second kappa shape index (κ2) is 5.92. The van der Waals surface area contributed by atoms with Gasteiger partial charge in [-0.2, -0.15) is 0 Å². The van der Waals surface area contributed by atoms with Crippen molar-refractivity contribution in [3.8, 4) is 0 Å². The molecule has 1 N–H and O–H groups in total. The Kier molecular flexibility index (Phi) is 3.98. The highest BCUT2D eigenvalue weighted by molar-refractivity contribution is 5.80. The number of aliphatic hydroxyl groups is 1. The SMILES string of the molecule is O=C(C1CCN(c2ccccc2[N+](=O)[O-])CC1)N1CC(O)C1. The number of aliphatic hydroxyl groups excluding tert-OH is 1. The first-order chi connectivity index (χ1) is 10.6. The van der Waals surface area contributed by atoms with E-state index in [1.807, 2.05) is 4.90 Å². The predicted molar refractivity (Wildman–Crippen MR) is 80.6 cm³/mol. The standard InChI is InChI=1S/C15H19N3O4/c19-12-9-17(10-12)15(20)11-5-7-16(8-6-11)13-3-1-2-4-14(13)18(21)22/h1-4,11-12,19H,5-10H2. The Balaban J connectivity index is 1.62. The van der Waals surface area contributed by atoms with Gasteiger partial charge in [0.15, 0.2) is 0 Å². The second-order valence-electron chi connectivity index (χ2n) is 5.90. The summed E-state index contributed by atoms with van der Waals surface area (Å²) in [6.45, 7) is 2.14. The van der Waals surface area contributed by atoms with Crippen LogP contribution in [0, 0.1) is 16.0 Å². The average Bonchev–Trinajstić information content (AvgIpc) is 2.51. The van der Waals surface area contributed by atoms with E-state index >= 15 is 0 Å². The summed E-state index contributed by atoms with van der Waals surface area (Å²) >= 11 is 0. The van der Waals surface area contributed by atoms with Gasteiger partial charge in [-0.1, -0.05) is 12.1 Å². The van der Waals surface area contributed by atoms with E-state index in [0.29, 0.717) is 44.7 Å².